The van der Waals surface area contributed by atoms with Crippen LogP contribution in [0.4, 0.5) is 10.7 Å². The Labute approximate surface area is 240 Å². The number of benzene rings is 1. The number of fused-ring (bicyclic) bond motifs is 1. The van der Waals surface area contributed by atoms with Crippen molar-refractivity contribution in [2.24, 2.45) is 5.92 Å². The molecule has 0 saturated heterocycles. The number of para-hydroxylation sites is 1. The number of hydrogen-bond acceptors (Lipinski definition) is 6. The molecule has 10 heteroatoms. The lowest BCUT2D eigenvalue weighted by Gasteiger charge is -2.33. The molecule has 2 aliphatic carbocycles. The van der Waals surface area contributed by atoms with Gasteiger partial charge in [-0.05, 0) is 78.2 Å². The van der Waals surface area contributed by atoms with Gasteiger partial charge in [-0.2, -0.15) is 0 Å². The highest BCUT2D eigenvalue weighted by molar-refractivity contribution is 6.33. The molecule has 0 aliphatic heterocycles. The number of alkyl carbamates (subject to hydrolysis) is 1. The van der Waals surface area contributed by atoms with Gasteiger partial charge in [-0.3, -0.25) is 4.79 Å². The average Bonchev–Trinajstić information content (AvgIpc) is 3.33. The van der Waals surface area contributed by atoms with Gasteiger partial charge in [-0.1, -0.05) is 29.8 Å². The Kier molecular flexibility index (Phi) is 8.49. The molecule has 2 saturated carbocycles. The average molecular weight is 567 g/mol. The lowest BCUT2D eigenvalue weighted by molar-refractivity contribution is -0.127. The molecule has 2 amide bonds. The van der Waals surface area contributed by atoms with Crippen LogP contribution in [0.2, 0.25) is 5.02 Å². The van der Waals surface area contributed by atoms with E-state index < -0.39 is 5.60 Å². The molecule has 4 N–H and O–H groups in total. The molecule has 2 heterocycles. The maximum atomic E-state index is 13.1. The van der Waals surface area contributed by atoms with Crippen LogP contribution in [0.15, 0.2) is 36.7 Å². The van der Waals surface area contributed by atoms with Gasteiger partial charge >= 0.3 is 6.09 Å². The molecular formula is C30H39ClN6O3. The second kappa shape index (κ2) is 12.0. The third kappa shape index (κ3) is 7.05. The highest BCUT2D eigenvalue weighted by Crippen LogP contribution is 2.33. The first kappa shape index (κ1) is 28.2. The lowest BCUT2D eigenvalue weighted by atomic mass is 9.84. The summed E-state index contributed by atoms with van der Waals surface area (Å²) in [7, 11) is 0. The summed E-state index contributed by atoms with van der Waals surface area (Å²) in [6.45, 7) is 5.55. The summed E-state index contributed by atoms with van der Waals surface area (Å²) < 4.78 is 5.36. The molecule has 2 fully saturated rings. The number of ether oxygens (including phenoxy) is 1. The number of H-pyrrole nitrogens is 1. The molecule has 0 bridgehead atoms. The van der Waals surface area contributed by atoms with E-state index in [-0.39, 0.29) is 36.0 Å². The zero-order chi connectivity index (χ0) is 28.3. The number of hydrogen-bond donors (Lipinski definition) is 4. The zero-order valence-electron chi connectivity index (χ0n) is 23.4. The molecular weight excluding hydrogens is 528 g/mol. The van der Waals surface area contributed by atoms with E-state index in [1.165, 1.54) is 0 Å². The van der Waals surface area contributed by atoms with Crippen LogP contribution < -0.4 is 16.0 Å². The van der Waals surface area contributed by atoms with Gasteiger partial charge < -0.3 is 25.7 Å². The van der Waals surface area contributed by atoms with Gasteiger partial charge in [0.25, 0.3) is 0 Å². The largest absolute Gasteiger partial charge is 0.444 e. The normalized spacial score (nSPS) is 23.4. The Bertz CT molecular complexity index is 1340. The van der Waals surface area contributed by atoms with Gasteiger partial charge in [0.15, 0.2) is 0 Å². The van der Waals surface area contributed by atoms with E-state index in [1.54, 1.807) is 6.20 Å². The van der Waals surface area contributed by atoms with Gasteiger partial charge in [-0.25, -0.2) is 14.8 Å². The van der Waals surface area contributed by atoms with Crippen molar-refractivity contribution in [3.63, 3.8) is 0 Å². The number of nitrogens with one attached hydrogen (secondary N) is 4. The third-order valence-electron chi connectivity index (χ3n) is 7.76. The van der Waals surface area contributed by atoms with Gasteiger partial charge in [0, 0.05) is 46.7 Å². The molecule has 214 valence electrons. The number of carbonyl (C=O) groups is 2. The van der Waals surface area contributed by atoms with Crippen LogP contribution in [0.25, 0.3) is 22.2 Å². The summed E-state index contributed by atoms with van der Waals surface area (Å²) in [5, 5.41) is 11.3. The van der Waals surface area contributed by atoms with E-state index in [1.807, 2.05) is 51.2 Å². The van der Waals surface area contributed by atoms with Crippen molar-refractivity contribution in [3.8, 4) is 11.3 Å². The highest BCUT2D eigenvalue weighted by atomic mass is 35.5. The Balaban J connectivity index is 1.13. The smallest absolute Gasteiger partial charge is 0.407 e. The van der Waals surface area contributed by atoms with Crippen molar-refractivity contribution in [1.29, 1.82) is 0 Å². The Morgan fingerprint density at radius 3 is 2.52 bits per heavy atom. The fraction of sp³-hybridized carbons (Fsp3) is 0.533. The molecule has 40 heavy (non-hydrogen) atoms. The Morgan fingerprint density at radius 2 is 1.75 bits per heavy atom. The lowest BCUT2D eigenvalue weighted by Crippen LogP contribution is -2.46. The predicted molar refractivity (Wildman–Crippen MR) is 157 cm³/mol. The van der Waals surface area contributed by atoms with E-state index >= 15 is 0 Å². The summed E-state index contributed by atoms with van der Waals surface area (Å²) in [5.74, 6) is 0.631. The summed E-state index contributed by atoms with van der Waals surface area (Å²) in [6.07, 6.45) is 10.0. The Morgan fingerprint density at radius 1 is 1.00 bits per heavy atom. The molecule has 0 unspecified atom stereocenters. The number of aromatic nitrogens is 3. The summed E-state index contributed by atoms with van der Waals surface area (Å²) in [5.41, 5.74) is 2.14. The van der Waals surface area contributed by atoms with Crippen molar-refractivity contribution in [2.45, 2.75) is 95.9 Å². The van der Waals surface area contributed by atoms with Crippen molar-refractivity contribution in [2.75, 3.05) is 5.32 Å². The van der Waals surface area contributed by atoms with Crippen molar-refractivity contribution in [1.82, 2.24) is 25.6 Å². The zero-order valence-corrected chi connectivity index (χ0v) is 24.2. The SMILES string of the molecule is CC(C)(C)OC(=O)NC1CCC(C(=O)N[C@H]2CCC[C@@H](Nc3ncc(Cl)c(-c4c[nH]c5ccccc45)n3)C2)CC1. The van der Waals surface area contributed by atoms with Crippen LogP contribution in [0, 0.1) is 5.92 Å². The number of halogens is 1. The highest BCUT2D eigenvalue weighted by Gasteiger charge is 2.31. The standard InChI is InChI=1S/C30H39ClN6O3/c1-30(2,3)40-29(39)36-19-13-11-18(12-14-19)27(38)34-20-7-6-8-21(15-20)35-28-33-17-24(31)26(37-28)23-16-32-25-10-5-4-9-22(23)25/h4-5,9-10,16-21,32H,6-8,11-15H2,1-3H3,(H,34,38)(H,36,39)(H,33,35,37)/t18?,19?,20-,21+/m0/s1. The van der Waals surface area contributed by atoms with Crippen LogP contribution in [-0.2, 0) is 9.53 Å². The summed E-state index contributed by atoms with van der Waals surface area (Å²) >= 11 is 6.50. The molecule has 2 aliphatic rings. The van der Waals surface area contributed by atoms with E-state index in [0.29, 0.717) is 16.7 Å². The minimum absolute atomic E-state index is 0.0247. The van der Waals surface area contributed by atoms with Gasteiger partial charge in [0.2, 0.25) is 11.9 Å². The van der Waals surface area contributed by atoms with Gasteiger partial charge in [-0.15, -0.1) is 0 Å². The molecule has 0 spiro atoms. The Hall–Kier alpha value is -3.33. The number of amides is 2. The number of aromatic amines is 1. The van der Waals surface area contributed by atoms with Crippen LogP contribution >= 0.6 is 11.6 Å². The van der Waals surface area contributed by atoms with Crippen molar-refractivity contribution in [3.05, 3.63) is 41.7 Å². The number of carbonyl (C=O) groups excluding carboxylic acids is 2. The minimum atomic E-state index is -0.521. The van der Waals surface area contributed by atoms with Gasteiger partial charge in [0.1, 0.15) is 5.60 Å². The van der Waals surface area contributed by atoms with Crippen LogP contribution in [0.3, 0.4) is 0 Å². The summed E-state index contributed by atoms with van der Waals surface area (Å²) in [6, 6.07) is 8.38. The maximum absolute atomic E-state index is 13.1. The maximum Gasteiger partial charge on any atom is 0.407 e. The van der Waals surface area contributed by atoms with E-state index in [2.05, 4.69) is 25.9 Å². The minimum Gasteiger partial charge on any atom is -0.444 e. The number of rotatable bonds is 6. The molecule has 2 atom stereocenters. The first-order valence-corrected chi connectivity index (χ1v) is 14.7. The molecule has 5 rings (SSSR count). The van der Waals surface area contributed by atoms with E-state index in [9.17, 15) is 9.59 Å². The summed E-state index contributed by atoms with van der Waals surface area (Å²) in [4.78, 5) is 37.6. The van der Waals surface area contributed by atoms with Crippen LogP contribution in [-0.4, -0.2) is 50.7 Å². The topological polar surface area (TPSA) is 121 Å². The number of nitrogens with zero attached hydrogens (tertiary/aromatic N) is 2. The van der Waals surface area contributed by atoms with Crippen LogP contribution in [0.5, 0.6) is 0 Å². The van der Waals surface area contributed by atoms with Crippen molar-refractivity contribution >= 4 is 40.5 Å². The van der Waals surface area contributed by atoms with Gasteiger partial charge in [0.05, 0.1) is 16.9 Å². The quantitative estimate of drug-likeness (QED) is 0.282. The fourth-order valence-electron chi connectivity index (χ4n) is 5.82. The van der Waals surface area contributed by atoms with Crippen LogP contribution in [0.1, 0.15) is 72.1 Å². The number of anilines is 1. The molecule has 2 aromatic heterocycles. The third-order valence-corrected chi connectivity index (χ3v) is 8.04. The first-order valence-electron chi connectivity index (χ1n) is 14.3. The van der Waals surface area contributed by atoms with E-state index in [4.69, 9.17) is 21.3 Å². The van der Waals surface area contributed by atoms with E-state index in [0.717, 1.165) is 67.8 Å². The molecule has 1 aromatic carbocycles. The molecule has 9 nitrogen and oxygen atoms in total. The first-order chi connectivity index (χ1) is 19.1. The monoisotopic (exact) mass is 566 g/mol. The second-order valence-electron chi connectivity index (χ2n) is 12.0. The van der Waals surface area contributed by atoms with Crippen molar-refractivity contribution < 1.29 is 14.3 Å². The molecule has 3 aromatic rings. The second-order valence-corrected chi connectivity index (χ2v) is 12.5. The predicted octanol–water partition coefficient (Wildman–Crippen LogP) is 6.20. The molecule has 0 radical (unpaired) electrons. The fourth-order valence-corrected chi connectivity index (χ4v) is 6.01.